The van der Waals surface area contributed by atoms with Crippen molar-refractivity contribution in [2.24, 2.45) is 0 Å². The van der Waals surface area contributed by atoms with E-state index in [1.807, 2.05) is 6.92 Å². The number of hydrogen-bond acceptors (Lipinski definition) is 5. The molecule has 3 rings (SSSR count). The van der Waals surface area contributed by atoms with Crippen molar-refractivity contribution < 1.29 is 9.53 Å². The molecular formula is C21H17ClN4O2. The molecule has 3 aromatic rings. The second kappa shape index (κ2) is 8.42. The standard InChI is InChI=1S/C21H17ClN4O2/c1-13-7-19(20(28-2)9-18(13)22)26-21(27)15-8-17(12-24-11-15)25-16-5-3-14(10-23)4-6-16/h3-9,11-12,25H,1-2H3,(H,26,27). The largest absolute Gasteiger partial charge is 0.495 e. The molecule has 1 amide bonds. The molecule has 6 nitrogen and oxygen atoms in total. The number of pyridine rings is 1. The number of carbonyl (C=O) groups is 1. The van der Waals surface area contributed by atoms with E-state index < -0.39 is 0 Å². The number of aryl methyl sites for hydroxylation is 1. The number of aromatic nitrogens is 1. The van der Waals surface area contributed by atoms with E-state index in [1.54, 1.807) is 48.7 Å². The van der Waals surface area contributed by atoms with Gasteiger partial charge in [-0.2, -0.15) is 5.26 Å². The number of nitriles is 1. The Kier molecular flexibility index (Phi) is 5.78. The Balaban J connectivity index is 1.79. The van der Waals surface area contributed by atoms with Gasteiger partial charge in [-0.3, -0.25) is 9.78 Å². The molecule has 0 fully saturated rings. The maximum atomic E-state index is 12.7. The molecule has 0 unspecified atom stereocenters. The minimum absolute atomic E-state index is 0.323. The van der Waals surface area contributed by atoms with Crippen LogP contribution in [-0.4, -0.2) is 18.0 Å². The molecule has 0 aliphatic rings. The van der Waals surface area contributed by atoms with E-state index >= 15 is 0 Å². The van der Waals surface area contributed by atoms with Gasteiger partial charge in [0.25, 0.3) is 5.91 Å². The van der Waals surface area contributed by atoms with Crippen molar-refractivity contribution in [3.05, 3.63) is 76.6 Å². The highest BCUT2D eigenvalue weighted by atomic mass is 35.5. The quantitative estimate of drug-likeness (QED) is 0.643. The lowest BCUT2D eigenvalue weighted by Crippen LogP contribution is -2.13. The monoisotopic (exact) mass is 392 g/mol. The molecule has 0 saturated heterocycles. The molecule has 28 heavy (non-hydrogen) atoms. The summed E-state index contributed by atoms with van der Waals surface area (Å²) in [6.07, 6.45) is 3.09. The number of nitrogens with one attached hydrogen (secondary N) is 2. The van der Waals surface area contributed by atoms with E-state index in [0.717, 1.165) is 11.3 Å². The number of benzene rings is 2. The third kappa shape index (κ3) is 4.40. The van der Waals surface area contributed by atoms with Crippen LogP contribution in [0.3, 0.4) is 0 Å². The number of anilines is 3. The zero-order valence-electron chi connectivity index (χ0n) is 15.3. The van der Waals surface area contributed by atoms with Gasteiger partial charge < -0.3 is 15.4 Å². The van der Waals surface area contributed by atoms with Crippen molar-refractivity contribution in [2.75, 3.05) is 17.7 Å². The molecular weight excluding hydrogens is 376 g/mol. The molecule has 2 aromatic carbocycles. The Hall–Kier alpha value is -3.56. The fourth-order valence-corrected chi connectivity index (χ4v) is 2.71. The number of halogens is 1. The smallest absolute Gasteiger partial charge is 0.257 e. The first-order chi connectivity index (χ1) is 13.5. The summed E-state index contributed by atoms with van der Waals surface area (Å²) in [6.45, 7) is 1.85. The molecule has 0 aliphatic carbocycles. The zero-order valence-corrected chi connectivity index (χ0v) is 16.0. The summed E-state index contributed by atoms with van der Waals surface area (Å²) in [4.78, 5) is 16.8. The van der Waals surface area contributed by atoms with Gasteiger partial charge in [-0.05, 0) is 48.9 Å². The second-order valence-electron chi connectivity index (χ2n) is 6.03. The molecule has 0 atom stereocenters. The van der Waals surface area contributed by atoms with Crippen LogP contribution in [0.1, 0.15) is 21.5 Å². The molecule has 0 spiro atoms. The van der Waals surface area contributed by atoms with Gasteiger partial charge in [0.05, 0.1) is 41.9 Å². The lowest BCUT2D eigenvalue weighted by molar-refractivity contribution is 0.102. The van der Waals surface area contributed by atoms with Crippen LogP contribution in [0, 0.1) is 18.3 Å². The Morgan fingerprint density at radius 2 is 1.89 bits per heavy atom. The maximum absolute atomic E-state index is 12.7. The first-order valence-corrected chi connectivity index (χ1v) is 8.75. The number of rotatable bonds is 5. The van der Waals surface area contributed by atoms with Gasteiger partial charge in [-0.25, -0.2) is 0 Å². The summed E-state index contributed by atoms with van der Waals surface area (Å²) in [6, 6.07) is 14.2. The average Bonchev–Trinajstić information content (AvgIpc) is 2.71. The summed E-state index contributed by atoms with van der Waals surface area (Å²) in [7, 11) is 1.51. The zero-order chi connectivity index (χ0) is 20.1. The highest BCUT2D eigenvalue weighted by Crippen LogP contribution is 2.31. The first-order valence-electron chi connectivity index (χ1n) is 8.38. The fraction of sp³-hybridized carbons (Fsp3) is 0.0952. The van der Waals surface area contributed by atoms with Gasteiger partial charge in [-0.15, -0.1) is 0 Å². The third-order valence-corrected chi connectivity index (χ3v) is 4.44. The van der Waals surface area contributed by atoms with Gasteiger partial charge >= 0.3 is 0 Å². The van der Waals surface area contributed by atoms with Gasteiger partial charge in [0, 0.05) is 23.0 Å². The van der Waals surface area contributed by atoms with Gasteiger partial charge in [0.2, 0.25) is 0 Å². The van der Waals surface area contributed by atoms with Crippen LogP contribution >= 0.6 is 11.6 Å². The van der Waals surface area contributed by atoms with E-state index in [1.165, 1.54) is 13.3 Å². The fourth-order valence-electron chi connectivity index (χ4n) is 2.55. The summed E-state index contributed by atoms with van der Waals surface area (Å²) < 4.78 is 5.29. The van der Waals surface area contributed by atoms with Gasteiger partial charge in [-0.1, -0.05) is 11.6 Å². The highest BCUT2D eigenvalue weighted by Gasteiger charge is 2.13. The van der Waals surface area contributed by atoms with Crippen molar-refractivity contribution in [2.45, 2.75) is 6.92 Å². The molecule has 140 valence electrons. The topological polar surface area (TPSA) is 87.0 Å². The number of methoxy groups -OCH3 is 1. The van der Waals surface area contributed by atoms with E-state index in [0.29, 0.717) is 33.3 Å². The van der Waals surface area contributed by atoms with Crippen LogP contribution in [0.4, 0.5) is 17.1 Å². The van der Waals surface area contributed by atoms with Crippen molar-refractivity contribution in [1.29, 1.82) is 5.26 Å². The normalized spacial score (nSPS) is 10.1. The summed E-state index contributed by atoms with van der Waals surface area (Å²) in [5.74, 6) is 0.153. The lowest BCUT2D eigenvalue weighted by atomic mass is 10.2. The van der Waals surface area contributed by atoms with Crippen LogP contribution in [0.2, 0.25) is 5.02 Å². The van der Waals surface area contributed by atoms with Gasteiger partial charge in [0.15, 0.2) is 0 Å². The molecule has 0 saturated carbocycles. The maximum Gasteiger partial charge on any atom is 0.257 e. The van der Waals surface area contributed by atoms with Crippen LogP contribution in [0.25, 0.3) is 0 Å². The molecule has 0 bridgehead atoms. The molecule has 2 N–H and O–H groups in total. The summed E-state index contributed by atoms with van der Waals surface area (Å²) in [5, 5.41) is 15.4. The predicted molar refractivity (Wildman–Crippen MR) is 109 cm³/mol. The molecule has 7 heteroatoms. The number of amides is 1. The molecule has 1 aromatic heterocycles. The minimum Gasteiger partial charge on any atom is -0.495 e. The Bertz CT molecular complexity index is 1060. The number of ether oxygens (including phenoxy) is 1. The molecule has 0 aliphatic heterocycles. The van der Waals surface area contributed by atoms with Crippen molar-refractivity contribution >= 4 is 34.6 Å². The third-order valence-electron chi connectivity index (χ3n) is 4.03. The average molecular weight is 393 g/mol. The molecule has 0 radical (unpaired) electrons. The first kappa shape index (κ1) is 19.2. The minimum atomic E-state index is -0.323. The Morgan fingerprint density at radius 1 is 1.14 bits per heavy atom. The van der Waals surface area contributed by atoms with Crippen molar-refractivity contribution in [3.8, 4) is 11.8 Å². The second-order valence-corrected chi connectivity index (χ2v) is 6.44. The van der Waals surface area contributed by atoms with Crippen molar-refractivity contribution in [1.82, 2.24) is 4.98 Å². The molecule has 1 heterocycles. The van der Waals surface area contributed by atoms with Crippen LogP contribution in [0.5, 0.6) is 5.75 Å². The predicted octanol–water partition coefficient (Wildman–Crippen LogP) is 4.92. The van der Waals surface area contributed by atoms with Crippen molar-refractivity contribution in [3.63, 3.8) is 0 Å². The summed E-state index contributed by atoms with van der Waals surface area (Å²) >= 11 is 6.11. The van der Waals surface area contributed by atoms with E-state index in [-0.39, 0.29) is 5.91 Å². The van der Waals surface area contributed by atoms with E-state index in [2.05, 4.69) is 21.7 Å². The number of carbonyl (C=O) groups excluding carboxylic acids is 1. The van der Waals surface area contributed by atoms with Crippen LogP contribution < -0.4 is 15.4 Å². The van der Waals surface area contributed by atoms with Crippen LogP contribution in [0.15, 0.2) is 54.9 Å². The SMILES string of the molecule is COc1cc(Cl)c(C)cc1NC(=O)c1cncc(Nc2ccc(C#N)cc2)c1. The Morgan fingerprint density at radius 3 is 2.57 bits per heavy atom. The highest BCUT2D eigenvalue weighted by molar-refractivity contribution is 6.31. The lowest BCUT2D eigenvalue weighted by Gasteiger charge is -2.13. The van der Waals surface area contributed by atoms with Crippen LogP contribution in [-0.2, 0) is 0 Å². The number of nitrogens with zero attached hydrogens (tertiary/aromatic N) is 2. The van der Waals surface area contributed by atoms with Gasteiger partial charge in [0.1, 0.15) is 5.75 Å². The summed E-state index contributed by atoms with van der Waals surface area (Å²) in [5.41, 5.74) is 3.74. The van der Waals surface area contributed by atoms with E-state index in [9.17, 15) is 4.79 Å². The van der Waals surface area contributed by atoms with E-state index in [4.69, 9.17) is 21.6 Å². The Labute approximate surface area is 167 Å². The number of hydrogen-bond donors (Lipinski definition) is 2.